The molecule has 1 aromatic carbocycles. The SMILES string of the molecule is CCCCCCCCCCCCCCCCCCN(CC)c1ccc(C2C(=O)C(=C3C=CC(=[N+](CC)CCCCCCCCCCCCCCCCCC)C=C3)C2[O-])cc1. The first-order valence-electron chi connectivity index (χ1n) is 26.3. The van der Waals surface area contributed by atoms with Gasteiger partial charge in [-0.15, -0.1) is 0 Å². The van der Waals surface area contributed by atoms with E-state index in [2.05, 4.69) is 61.5 Å². The highest BCUT2D eigenvalue weighted by atomic mass is 16.3. The van der Waals surface area contributed by atoms with Gasteiger partial charge in [0.2, 0.25) is 0 Å². The first-order chi connectivity index (χ1) is 29.5. The molecule has 0 N–H and O–H groups in total. The summed E-state index contributed by atoms with van der Waals surface area (Å²) in [4.78, 5) is 15.9. The first-order valence-corrected chi connectivity index (χ1v) is 26.3. The van der Waals surface area contributed by atoms with E-state index in [0.29, 0.717) is 5.57 Å². The third kappa shape index (κ3) is 20.6. The number of hydrogen-bond acceptors (Lipinski definition) is 3. The number of ketones is 1. The monoisotopic (exact) mass is 827 g/mol. The Balaban J connectivity index is 1.27. The number of rotatable bonds is 38. The Morgan fingerprint density at radius 2 is 0.883 bits per heavy atom. The van der Waals surface area contributed by atoms with Crippen molar-refractivity contribution in [2.24, 2.45) is 0 Å². The lowest BCUT2D eigenvalue weighted by molar-refractivity contribution is -0.523. The van der Waals surface area contributed by atoms with Gasteiger partial charge in [0.25, 0.3) is 0 Å². The van der Waals surface area contributed by atoms with Crippen molar-refractivity contribution in [3.8, 4) is 0 Å². The number of Topliss-reactive ketones (excluding diaryl/α,β-unsaturated/α-hetero) is 1. The minimum atomic E-state index is -1.01. The second-order valence-electron chi connectivity index (χ2n) is 18.6. The van der Waals surface area contributed by atoms with Gasteiger partial charge < -0.3 is 10.0 Å². The van der Waals surface area contributed by atoms with E-state index >= 15 is 0 Å². The van der Waals surface area contributed by atoms with Crippen LogP contribution in [0, 0.1) is 0 Å². The maximum absolute atomic E-state index is 13.5. The standard InChI is InChI=1S/C56H94N2O2/c1-5-9-11-13-15-17-19-21-23-25-27-29-31-33-35-37-47-57(7-3)51-43-39-49(40-44-51)53-55(59)54(56(53)60)50-41-45-52(46-42-50)58(8-4)48-38-36-34-32-30-28-26-24-22-20-18-16-14-12-10-6-2/h39-46,53,55H,5-38,47-48H2,1-4H3. The minimum Gasteiger partial charge on any atom is -0.848 e. The van der Waals surface area contributed by atoms with Gasteiger partial charge in [-0.2, -0.15) is 0 Å². The highest BCUT2D eigenvalue weighted by Crippen LogP contribution is 2.40. The fourth-order valence-electron chi connectivity index (χ4n) is 9.53. The molecule has 2 unspecified atom stereocenters. The van der Waals surface area contributed by atoms with Crippen LogP contribution >= 0.6 is 0 Å². The molecule has 0 bridgehead atoms. The van der Waals surface area contributed by atoms with E-state index in [9.17, 15) is 9.90 Å². The van der Waals surface area contributed by atoms with E-state index in [1.807, 2.05) is 24.3 Å². The summed E-state index contributed by atoms with van der Waals surface area (Å²) in [5.41, 5.74) is 4.49. The van der Waals surface area contributed by atoms with Crippen molar-refractivity contribution in [1.82, 2.24) is 0 Å². The van der Waals surface area contributed by atoms with Crippen LogP contribution in [0.4, 0.5) is 5.69 Å². The fourth-order valence-corrected chi connectivity index (χ4v) is 9.53. The van der Waals surface area contributed by atoms with Crippen molar-refractivity contribution < 1.29 is 14.5 Å². The van der Waals surface area contributed by atoms with Gasteiger partial charge in [-0.3, -0.25) is 4.79 Å². The first kappa shape index (κ1) is 51.9. The van der Waals surface area contributed by atoms with Gasteiger partial charge in [0, 0.05) is 43.3 Å². The summed E-state index contributed by atoms with van der Waals surface area (Å²) in [6.07, 6.45) is 51.6. The van der Waals surface area contributed by atoms with Gasteiger partial charge in [-0.25, -0.2) is 4.58 Å². The van der Waals surface area contributed by atoms with Gasteiger partial charge in [0.05, 0.1) is 0 Å². The minimum absolute atomic E-state index is 0.00322. The van der Waals surface area contributed by atoms with Crippen LogP contribution in [0.3, 0.4) is 0 Å². The molecule has 2 aliphatic carbocycles. The number of carbonyl (C=O) groups is 1. The van der Waals surface area contributed by atoms with Crippen LogP contribution in [0.5, 0.6) is 0 Å². The molecule has 60 heavy (non-hydrogen) atoms. The molecular formula is C56H94N2O2. The van der Waals surface area contributed by atoms with Gasteiger partial charge in [0.1, 0.15) is 13.1 Å². The largest absolute Gasteiger partial charge is 0.848 e. The number of allylic oxidation sites excluding steroid dienone is 5. The van der Waals surface area contributed by atoms with Crippen molar-refractivity contribution in [2.75, 3.05) is 31.1 Å². The number of nitrogens with zero attached hydrogens (tertiary/aromatic N) is 2. The lowest BCUT2D eigenvalue weighted by Crippen LogP contribution is -2.52. The molecule has 2 atom stereocenters. The zero-order valence-corrected chi connectivity index (χ0v) is 39.9. The van der Waals surface area contributed by atoms with Crippen LogP contribution in [0.25, 0.3) is 0 Å². The maximum atomic E-state index is 13.5. The highest BCUT2D eigenvalue weighted by Gasteiger charge is 2.40. The molecule has 0 spiro atoms. The topological polar surface area (TPSA) is 46.4 Å². The Morgan fingerprint density at radius 3 is 1.25 bits per heavy atom. The average Bonchev–Trinajstić information content (AvgIpc) is 3.27. The highest BCUT2D eigenvalue weighted by molar-refractivity contribution is 6.11. The molecule has 0 radical (unpaired) electrons. The molecule has 0 heterocycles. The van der Waals surface area contributed by atoms with E-state index in [4.69, 9.17) is 0 Å². The molecule has 1 aromatic rings. The van der Waals surface area contributed by atoms with Crippen molar-refractivity contribution in [2.45, 2.75) is 245 Å². The molecule has 0 amide bonds. The Morgan fingerprint density at radius 1 is 0.500 bits per heavy atom. The van der Waals surface area contributed by atoms with Gasteiger partial charge in [-0.05, 0) is 67.7 Å². The van der Waals surface area contributed by atoms with Crippen molar-refractivity contribution in [3.05, 3.63) is 65.3 Å². The lowest BCUT2D eigenvalue weighted by atomic mass is 9.69. The third-order valence-corrected chi connectivity index (χ3v) is 13.6. The van der Waals surface area contributed by atoms with Crippen LogP contribution in [0.1, 0.15) is 245 Å². The van der Waals surface area contributed by atoms with E-state index < -0.39 is 12.0 Å². The van der Waals surface area contributed by atoms with Crippen LogP contribution in [0.2, 0.25) is 0 Å². The summed E-state index contributed by atoms with van der Waals surface area (Å²) in [6.45, 7) is 13.1. The Labute approximate surface area is 371 Å². The molecule has 340 valence electrons. The summed E-state index contributed by atoms with van der Waals surface area (Å²) in [5.74, 6) is -0.581. The van der Waals surface area contributed by atoms with Crippen LogP contribution in [0.15, 0.2) is 59.7 Å². The lowest BCUT2D eigenvalue weighted by Gasteiger charge is -2.44. The Bertz CT molecular complexity index is 1350. The molecular weight excluding hydrogens is 733 g/mol. The summed E-state index contributed by atoms with van der Waals surface area (Å²) >= 11 is 0. The van der Waals surface area contributed by atoms with Crippen LogP contribution in [-0.2, 0) is 4.79 Å². The average molecular weight is 827 g/mol. The number of carbonyl (C=O) groups excluding carboxylic acids is 1. The number of anilines is 1. The van der Waals surface area contributed by atoms with Crippen LogP contribution < -0.4 is 10.0 Å². The van der Waals surface area contributed by atoms with Gasteiger partial charge in [-0.1, -0.05) is 218 Å². The van der Waals surface area contributed by atoms with Gasteiger partial charge >= 0.3 is 0 Å². The third-order valence-electron chi connectivity index (χ3n) is 13.6. The molecule has 3 rings (SSSR count). The maximum Gasteiger partial charge on any atom is 0.199 e. The summed E-state index contributed by atoms with van der Waals surface area (Å²) in [6, 6.07) is 8.29. The van der Waals surface area contributed by atoms with E-state index in [1.54, 1.807) is 0 Å². The molecule has 4 heteroatoms. The van der Waals surface area contributed by atoms with Crippen molar-refractivity contribution in [3.63, 3.8) is 0 Å². The van der Waals surface area contributed by atoms with E-state index in [1.165, 1.54) is 217 Å². The molecule has 2 aliphatic rings. The summed E-state index contributed by atoms with van der Waals surface area (Å²) in [7, 11) is 0. The normalized spacial score (nSPS) is 16.3. The second-order valence-corrected chi connectivity index (χ2v) is 18.6. The zero-order valence-electron chi connectivity index (χ0n) is 39.9. The molecule has 0 aliphatic heterocycles. The summed E-state index contributed by atoms with van der Waals surface area (Å²) < 4.78 is 2.43. The Kier molecular flexibility index (Phi) is 29.5. The van der Waals surface area contributed by atoms with Crippen molar-refractivity contribution in [1.29, 1.82) is 0 Å². The number of unbranched alkanes of at least 4 members (excludes halogenated alkanes) is 30. The molecule has 0 saturated heterocycles. The predicted octanol–water partition coefficient (Wildman–Crippen LogP) is 15.3. The molecule has 1 fully saturated rings. The van der Waals surface area contributed by atoms with Crippen LogP contribution in [-0.4, -0.2) is 48.4 Å². The van der Waals surface area contributed by atoms with E-state index in [-0.39, 0.29) is 5.78 Å². The zero-order chi connectivity index (χ0) is 42.9. The molecule has 0 aromatic heterocycles. The summed E-state index contributed by atoms with van der Waals surface area (Å²) in [5, 5.41) is 13.5. The quantitative estimate of drug-likeness (QED) is 0.0379. The Hall–Kier alpha value is -2.46. The fraction of sp³-hybridized carbons (Fsp3) is 0.750. The smallest absolute Gasteiger partial charge is 0.199 e. The van der Waals surface area contributed by atoms with Gasteiger partial charge in [0.15, 0.2) is 11.5 Å². The second kappa shape index (κ2) is 34.1. The number of hydrogen-bond donors (Lipinski definition) is 0. The predicted molar refractivity (Wildman–Crippen MR) is 261 cm³/mol. The van der Waals surface area contributed by atoms with Crippen molar-refractivity contribution >= 4 is 17.2 Å². The number of benzene rings is 1. The molecule has 1 saturated carbocycles. The molecule has 4 nitrogen and oxygen atoms in total. The van der Waals surface area contributed by atoms with E-state index in [0.717, 1.165) is 37.3 Å².